The zero-order valence-corrected chi connectivity index (χ0v) is 17.1. The third-order valence-corrected chi connectivity index (χ3v) is 4.94. The van der Waals surface area contributed by atoms with Crippen LogP contribution >= 0.6 is 0 Å². The van der Waals surface area contributed by atoms with Crippen LogP contribution in [0.5, 0.6) is 0 Å². The third-order valence-electron chi connectivity index (χ3n) is 4.94. The van der Waals surface area contributed by atoms with E-state index < -0.39 is 5.60 Å². The molecule has 31 heavy (non-hydrogen) atoms. The highest BCUT2D eigenvalue weighted by molar-refractivity contribution is 6.05. The number of carbonyl (C=O) groups excluding carboxylic acids is 1. The molecule has 4 N–H and O–H groups in total. The number of aromatic nitrogens is 5. The summed E-state index contributed by atoms with van der Waals surface area (Å²) in [6.45, 7) is 1.22. The smallest absolute Gasteiger partial charge is 0.274 e. The van der Waals surface area contributed by atoms with Gasteiger partial charge >= 0.3 is 0 Å². The van der Waals surface area contributed by atoms with Crippen molar-refractivity contribution in [2.45, 2.75) is 19.1 Å². The molecule has 1 atom stereocenters. The lowest BCUT2D eigenvalue weighted by Crippen LogP contribution is -2.23. The third kappa shape index (κ3) is 3.49. The van der Waals surface area contributed by atoms with Gasteiger partial charge in [0.05, 0.1) is 5.52 Å². The average molecular weight is 423 g/mol. The van der Waals surface area contributed by atoms with Crippen molar-refractivity contribution in [2.75, 3.05) is 19.8 Å². The van der Waals surface area contributed by atoms with Crippen LogP contribution in [0.2, 0.25) is 0 Å². The number of nitrogen functional groups attached to an aromatic ring is 1. The van der Waals surface area contributed by atoms with Crippen LogP contribution in [0.15, 0.2) is 41.1 Å². The number of nitrogens with two attached hydrogens (primary N) is 1. The van der Waals surface area contributed by atoms with Crippen molar-refractivity contribution >= 4 is 22.8 Å². The van der Waals surface area contributed by atoms with Crippen molar-refractivity contribution in [3.63, 3.8) is 0 Å². The minimum atomic E-state index is -1.53. The molecule has 0 radical (unpaired) electrons. The van der Waals surface area contributed by atoms with Gasteiger partial charge in [0, 0.05) is 37.8 Å². The summed E-state index contributed by atoms with van der Waals surface area (Å²) in [6, 6.07) is 8.18. The van der Waals surface area contributed by atoms with E-state index in [1.165, 1.54) is 21.8 Å². The van der Waals surface area contributed by atoms with E-state index in [4.69, 9.17) is 10.3 Å². The molecule has 0 aliphatic rings. The topological polar surface area (TPSA) is 156 Å². The molecule has 3 aromatic heterocycles. The Balaban J connectivity index is 1.93. The van der Waals surface area contributed by atoms with E-state index >= 15 is 0 Å². The Morgan fingerprint density at radius 3 is 2.71 bits per heavy atom. The van der Waals surface area contributed by atoms with E-state index in [1.807, 2.05) is 0 Å². The second kappa shape index (κ2) is 7.45. The fourth-order valence-electron chi connectivity index (χ4n) is 3.21. The van der Waals surface area contributed by atoms with Crippen LogP contribution in [0.25, 0.3) is 16.7 Å². The fraction of sp³-hybridized carbons (Fsp3) is 0.250. The van der Waals surface area contributed by atoms with Crippen LogP contribution in [0.4, 0.5) is 5.95 Å². The molecule has 0 spiro atoms. The van der Waals surface area contributed by atoms with Gasteiger partial charge in [0.15, 0.2) is 17.3 Å². The molecule has 0 aliphatic carbocycles. The zero-order valence-electron chi connectivity index (χ0n) is 17.1. The molecule has 0 saturated heterocycles. The highest BCUT2D eigenvalue weighted by atomic mass is 16.5. The van der Waals surface area contributed by atoms with Gasteiger partial charge in [0.25, 0.3) is 5.91 Å². The maximum atomic E-state index is 12.7. The van der Waals surface area contributed by atoms with Crippen LogP contribution in [0.3, 0.4) is 0 Å². The van der Waals surface area contributed by atoms with Crippen molar-refractivity contribution in [3.8, 4) is 5.82 Å². The highest BCUT2D eigenvalue weighted by Crippen LogP contribution is 2.32. The molecule has 0 saturated carbocycles. The van der Waals surface area contributed by atoms with Crippen molar-refractivity contribution in [1.82, 2.24) is 29.8 Å². The van der Waals surface area contributed by atoms with Gasteiger partial charge in [-0.15, -0.1) is 0 Å². The number of anilines is 1. The van der Waals surface area contributed by atoms with Gasteiger partial charge in [0.2, 0.25) is 5.95 Å². The second-order valence-corrected chi connectivity index (χ2v) is 7.37. The summed E-state index contributed by atoms with van der Waals surface area (Å²) in [6.07, 6.45) is 1.49. The van der Waals surface area contributed by atoms with Crippen LogP contribution in [-0.2, 0) is 12.2 Å². The van der Waals surface area contributed by atoms with E-state index in [2.05, 4.69) is 20.2 Å². The minimum Gasteiger partial charge on any atom is -0.388 e. The molecule has 4 aromatic rings. The maximum absolute atomic E-state index is 12.7. The number of fused-ring (bicyclic) bond motifs is 1. The van der Waals surface area contributed by atoms with Crippen molar-refractivity contribution in [1.29, 1.82) is 0 Å². The molecule has 1 unspecified atom stereocenters. The molecule has 0 bridgehead atoms. The zero-order chi connectivity index (χ0) is 22.3. The number of aliphatic hydroxyl groups is 2. The predicted molar refractivity (Wildman–Crippen MR) is 110 cm³/mol. The van der Waals surface area contributed by atoms with Crippen molar-refractivity contribution < 1.29 is 19.5 Å². The van der Waals surface area contributed by atoms with Gasteiger partial charge in [-0.05, 0) is 24.6 Å². The summed E-state index contributed by atoms with van der Waals surface area (Å²) >= 11 is 0. The van der Waals surface area contributed by atoms with Gasteiger partial charge in [-0.2, -0.15) is 10.1 Å². The lowest BCUT2D eigenvalue weighted by atomic mass is 9.91. The highest BCUT2D eigenvalue weighted by Gasteiger charge is 2.31. The molecule has 1 aromatic carbocycles. The number of rotatable bonds is 5. The Kier molecular flexibility index (Phi) is 4.91. The van der Waals surface area contributed by atoms with Gasteiger partial charge in [-0.1, -0.05) is 11.2 Å². The Bertz CT molecular complexity index is 1280. The molecule has 1 amide bonds. The first-order valence-corrected chi connectivity index (χ1v) is 9.35. The molecule has 0 aliphatic heterocycles. The monoisotopic (exact) mass is 423 g/mol. The van der Waals surface area contributed by atoms with E-state index in [1.54, 1.807) is 45.3 Å². The largest absolute Gasteiger partial charge is 0.388 e. The minimum absolute atomic E-state index is 0.0592. The number of nitrogens with zero attached hydrogens (tertiary/aromatic N) is 6. The molecule has 4 rings (SSSR count). The van der Waals surface area contributed by atoms with Gasteiger partial charge in [-0.3, -0.25) is 4.79 Å². The lowest BCUT2D eigenvalue weighted by Gasteiger charge is -2.21. The number of carbonyl (C=O) groups is 1. The molecular weight excluding hydrogens is 402 g/mol. The first kappa shape index (κ1) is 20.4. The molecule has 11 nitrogen and oxygen atoms in total. The Morgan fingerprint density at radius 1 is 1.29 bits per heavy atom. The predicted octanol–water partition coefficient (Wildman–Crippen LogP) is 0.836. The summed E-state index contributed by atoms with van der Waals surface area (Å²) in [7, 11) is 3.27. The van der Waals surface area contributed by atoms with Crippen LogP contribution < -0.4 is 5.73 Å². The summed E-state index contributed by atoms with van der Waals surface area (Å²) in [5.74, 6) is 0.381. The molecular formula is C20H21N7O4. The average Bonchev–Trinajstić information content (AvgIpc) is 3.38. The number of hydrogen-bond donors (Lipinski definition) is 3. The molecule has 0 fully saturated rings. The molecule has 160 valence electrons. The fourth-order valence-corrected chi connectivity index (χ4v) is 3.21. The van der Waals surface area contributed by atoms with Crippen LogP contribution in [0, 0.1) is 0 Å². The lowest BCUT2D eigenvalue weighted by molar-refractivity contribution is 0.0823. The second-order valence-electron chi connectivity index (χ2n) is 7.37. The Morgan fingerprint density at radius 2 is 2.06 bits per heavy atom. The number of amides is 1. The number of benzene rings is 1. The normalized spacial score (nSPS) is 13.3. The van der Waals surface area contributed by atoms with Gasteiger partial charge in [-0.25, -0.2) is 9.67 Å². The SMILES string of the molecule is CN(C)C(=O)c1nn(-c2ccnc(N)n2)c2cc(C(C)(O)c3cc(CO)on3)ccc12. The summed E-state index contributed by atoms with van der Waals surface area (Å²) < 4.78 is 6.50. The van der Waals surface area contributed by atoms with E-state index in [-0.39, 0.29) is 35.6 Å². The van der Waals surface area contributed by atoms with E-state index in [0.29, 0.717) is 22.3 Å². The quantitative estimate of drug-likeness (QED) is 0.423. The standard InChI is InChI=1S/C20H21N7O4/c1-20(30,15-9-12(10-28)31-25-15)11-4-5-13-14(8-11)27(16-6-7-22-19(21)23-16)24-17(13)18(29)26(2)3/h4-9,28,30H,10H2,1-3H3,(H2,21,22,23). The van der Waals surface area contributed by atoms with E-state index in [0.717, 1.165) is 0 Å². The van der Waals surface area contributed by atoms with Crippen LogP contribution in [-0.4, -0.2) is 60.0 Å². The summed E-state index contributed by atoms with van der Waals surface area (Å²) in [5, 5.41) is 29.3. The summed E-state index contributed by atoms with van der Waals surface area (Å²) in [5.41, 5.74) is 5.67. The van der Waals surface area contributed by atoms with Crippen molar-refractivity contribution in [3.05, 3.63) is 59.2 Å². The first-order valence-electron chi connectivity index (χ1n) is 9.35. The van der Waals surface area contributed by atoms with Gasteiger partial charge in [0.1, 0.15) is 17.9 Å². The van der Waals surface area contributed by atoms with Crippen LogP contribution in [0.1, 0.15) is 34.4 Å². The van der Waals surface area contributed by atoms with Crippen molar-refractivity contribution in [2.24, 2.45) is 0 Å². The Hall–Kier alpha value is -3.83. The number of aliphatic hydroxyl groups excluding tert-OH is 1. The van der Waals surface area contributed by atoms with E-state index in [9.17, 15) is 15.0 Å². The maximum Gasteiger partial charge on any atom is 0.274 e. The van der Waals surface area contributed by atoms with Gasteiger partial charge < -0.3 is 25.4 Å². The summed E-state index contributed by atoms with van der Waals surface area (Å²) in [4.78, 5) is 22.2. The first-order chi connectivity index (χ1) is 14.7. The molecule has 11 heteroatoms. The molecule has 3 heterocycles. The Labute approximate surface area is 176 Å². The number of hydrogen-bond acceptors (Lipinski definition) is 9.